The van der Waals surface area contributed by atoms with Gasteiger partial charge in [0, 0.05) is 32.3 Å². The van der Waals surface area contributed by atoms with Gasteiger partial charge in [-0.05, 0) is 29.4 Å². The molecule has 0 radical (unpaired) electrons. The topological polar surface area (TPSA) is 120 Å². The summed E-state index contributed by atoms with van der Waals surface area (Å²) < 4.78 is 0. The molecule has 11 nitrogen and oxygen atoms in total. The highest BCUT2D eigenvalue weighted by molar-refractivity contribution is 6.26. The first-order valence-electron chi connectivity index (χ1n) is 9.81. The second-order valence-corrected chi connectivity index (χ2v) is 7.37. The smallest absolute Gasteiger partial charge is 0.342 e. The van der Waals surface area contributed by atoms with Gasteiger partial charge in [-0.15, -0.1) is 0 Å². The van der Waals surface area contributed by atoms with Gasteiger partial charge in [0.2, 0.25) is 0 Å². The number of guanidine groups is 1. The molecule has 2 aliphatic heterocycles. The largest absolute Gasteiger partial charge is 0.370 e. The van der Waals surface area contributed by atoms with Gasteiger partial charge in [0.05, 0.1) is 0 Å². The van der Waals surface area contributed by atoms with Gasteiger partial charge < -0.3 is 4.84 Å². The van der Waals surface area contributed by atoms with Gasteiger partial charge in [-0.3, -0.25) is 33.9 Å². The number of likely N-dealkylation sites (N-methyl/N-ethyl adjacent to an activating group) is 3. The third kappa shape index (κ3) is 3.13. The monoisotopic (exact) mass is 449 g/mol. The molecule has 168 valence electrons. The molecule has 1 saturated heterocycles. The zero-order valence-electron chi connectivity index (χ0n) is 18.0. The van der Waals surface area contributed by atoms with E-state index in [0.29, 0.717) is 9.80 Å². The third-order valence-corrected chi connectivity index (χ3v) is 5.44. The molecule has 0 unspecified atom stereocenters. The average Bonchev–Trinajstić information content (AvgIpc) is 3.19. The van der Waals surface area contributed by atoms with Crippen molar-refractivity contribution in [3.63, 3.8) is 0 Å². The third-order valence-electron chi connectivity index (χ3n) is 5.44. The first-order chi connectivity index (χ1) is 15.7. The normalized spacial score (nSPS) is 17.2. The van der Waals surface area contributed by atoms with E-state index in [4.69, 9.17) is 4.84 Å². The van der Waals surface area contributed by atoms with E-state index >= 15 is 0 Å². The van der Waals surface area contributed by atoms with Gasteiger partial charge in [-0.25, -0.2) is 9.69 Å². The van der Waals surface area contributed by atoms with Crippen LogP contribution in [0.1, 0.15) is 20.7 Å². The molecule has 0 atom stereocenters. The maximum absolute atomic E-state index is 13.4. The standard InChI is InChI=1S/C22H19N5O6/c1-24-18(30)22(19(31)25(2)21(24)32)26(3)20(23-33-22)27(16(28)14-10-6-4-7-11-14)17(29)15-12-8-5-9-13-15/h4-13H,1-3H3. The van der Waals surface area contributed by atoms with E-state index in [1.165, 1.54) is 45.4 Å². The number of carbonyl (C=O) groups is 5. The van der Waals surface area contributed by atoms with Gasteiger partial charge in [-0.2, -0.15) is 0 Å². The van der Waals surface area contributed by atoms with Crippen molar-refractivity contribution >= 4 is 35.6 Å². The first-order valence-corrected chi connectivity index (χ1v) is 9.81. The molecule has 6 amide bonds. The van der Waals surface area contributed by atoms with Crippen molar-refractivity contribution in [2.45, 2.75) is 5.72 Å². The van der Waals surface area contributed by atoms with Crippen LogP contribution in [-0.4, -0.2) is 82.1 Å². The van der Waals surface area contributed by atoms with E-state index in [-0.39, 0.29) is 17.1 Å². The van der Waals surface area contributed by atoms with Crippen LogP contribution in [0, 0.1) is 0 Å². The van der Waals surface area contributed by atoms with Gasteiger partial charge >= 0.3 is 23.6 Å². The molecule has 0 saturated carbocycles. The van der Waals surface area contributed by atoms with Crippen molar-refractivity contribution in [3.8, 4) is 0 Å². The molecule has 2 aliphatic rings. The summed E-state index contributed by atoms with van der Waals surface area (Å²) in [6.07, 6.45) is 0. The summed E-state index contributed by atoms with van der Waals surface area (Å²) in [7, 11) is 3.65. The van der Waals surface area contributed by atoms with E-state index < -0.39 is 35.4 Å². The fraction of sp³-hybridized carbons (Fsp3) is 0.182. The summed E-state index contributed by atoms with van der Waals surface area (Å²) in [5.74, 6) is -3.88. The van der Waals surface area contributed by atoms with Crippen LogP contribution >= 0.6 is 0 Å². The fourth-order valence-corrected chi connectivity index (χ4v) is 3.56. The molecule has 2 aromatic rings. The number of nitrogens with zero attached hydrogens (tertiary/aromatic N) is 5. The number of amides is 6. The van der Waals surface area contributed by atoms with Crippen molar-refractivity contribution in [2.75, 3.05) is 21.1 Å². The maximum atomic E-state index is 13.4. The number of benzene rings is 2. The molecule has 4 rings (SSSR count). The van der Waals surface area contributed by atoms with Crippen molar-refractivity contribution in [1.82, 2.24) is 19.6 Å². The molecule has 0 bridgehead atoms. The molecule has 33 heavy (non-hydrogen) atoms. The zero-order chi connectivity index (χ0) is 23.9. The Hall–Kier alpha value is -4.54. The summed E-state index contributed by atoms with van der Waals surface area (Å²) >= 11 is 0. The molecular weight excluding hydrogens is 430 g/mol. The molecule has 1 spiro atoms. The van der Waals surface area contributed by atoms with E-state index in [2.05, 4.69) is 5.16 Å². The number of carbonyl (C=O) groups excluding carboxylic acids is 5. The van der Waals surface area contributed by atoms with Gasteiger partial charge in [0.15, 0.2) is 0 Å². The lowest BCUT2D eigenvalue weighted by molar-refractivity contribution is -0.186. The average molecular weight is 449 g/mol. The Morgan fingerprint density at radius 2 is 1.21 bits per heavy atom. The van der Waals surface area contributed by atoms with Crippen LogP contribution in [0.2, 0.25) is 0 Å². The minimum absolute atomic E-state index is 0.171. The predicted octanol–water partition coefficient (Wildman–Crippen LogP) is 0.949. The summed E-state index contributed by atoms with van der Waals surface area (Å²) in [5.41, 5.74) is -2.03. The van der Waals surface area contributed by atoms with Gasteiger partial charge in [-0.1, -0.05) is 36.4 Å². The predicted molar refractivity (Wildman–Crippen MR) is 113 cm³/mol. The lowest BCUT2D eigenvalue weighted by atomic mass is 10.1. The Morgan fingerprint density at radius 1 is 0.788 bits per heavy atom. The van der Waals surface area contributed by atoms with Gasteiger partial charge in [0.25, 0.3) is 17.8 Å². The molecule has 2 aromatic carbocycles. The summed E-state index contributed by atoms with van der Waals surface area (Å²) in [6.45, 7) is 0. The lowest BCUT2D eigenvalue weighted by Crippen LogP contribution is -2.73. The van der Waals surface area contributed by atoms with Crippen molar-refractivity contribution in [3.05, 3.63) is 71.8 Å². The highest BCUT2D eigenvalue weighted by Gasteiger charge is 2.66. The minimum Gasteiger partial charge on any atom is -0.342 e. The molecule has 2 heterocycles. The number of oxime groups is 1. The van der Waals surface area contributed by atoms with Crippen LogP contribution < -0.4 is 0 Å². The minimum atomic E-state index is -2.38. The van der Waals surface area contributed by atoms with Crippen molar-refractivity contribution in [2.24, 2.45) is 5.16 Å². The Balaban J connectivity index is 1.79. The number of barbiturate groups is 1. The van der Waals surface area contributed by atoms with Crippen LogP contribution in [0.15, 0.2) is 65.8 Å². The van der Waals surface area contributed by atoms with E-state index in [1.54, 1.807) is 36.4 Å². The molecule has 11 heteroatoms. The van der Waals surface area contributed by atoms with E-state index in [1.807, 2.05) is 0 Å². The summed E-state index contributed by atoms with van der Waals surface area (Å²) in [5, 5.41) is 3.80. The quantitative estimate of drug-likeness (QED) is 0.494. The summed E-state index contributed by atoms with van der Waals surface area (Å²) in [4.78, 5) is 73.4. The number of urea groups is 1. The Morgan fingerprint density at radius 3 is 1.64 bits per heavy atom. The number of imide groups is 3. The Kier molecular flexibility index (Phi) is 5.16. The lowest BCUT2D eigenvalue weighted by Gasteiger charge is -2.41. The zero-order valence-corrected chi connectivity index (χ0v) is 18.0. The second kappa shape index (κ2) is 7.86. The summed E-state index contributed by atoms with van der Waals surface area (Å²) in [6, 6.07) is 15.1. The fourth-order valence-electron chi connectivity index (χ4n) is 3.56. The van der Waals surface area contributed by atoms with E-state index in [0.717, 1.165) is 9.80 Å². The SMILES string of the molecule is CN1C(=O)N(C)C(=O)C2(ON=C(N(C(=O)c3ccccc3)C(=O)c3ccccc3)N2C)C1=O. The number of rotatable bonds is 2. The molecule has 0 aromatic heterocycles. The molecular formula is C22H19N5O6. The first kappa shape index (κ1) is 21.7. The Labute approximate surface area is 188 Å². The number of hydrogen-bond acceptors (Lipinski definition) is 8. The maximum Gasteiger partial charge on any atom is 0.370 e. The highest BCUT2D eigenvalue weighted by Crippen LogP contribution is 2.33. The molecule has 0 aliphatic carbocycles. The van der Waals surface area contributed by atoms with Crippen LogP contribution in [0.4, 0.5) is 4.79 Å². The van der Waals surface area contributed by atoms with Crippen LogP contribution in [-0.2, 0) is 14.4 Å². The number of hydrogen-bond donors (Lipinski definition) is 0. The second-order valence-electron chi connectivity index (χ2n) is 7.37. The highest BCUT2D eigenvalue weighted by atomic mass is 16.7. The molecule has 1 fully saturated rings. The van der Waals surface area contributed by atoms with Crippen molar-refractivity contribution in [1.29, 1.82) is 0 Å². The molecule has 0 N–H and O–H groups in total. The van der Waals surface area contributed by atoms with Gasteiger partial charge in [0.1, 0.15) is 0 Å². The van der Waals surface area contributed by atoms with Crippen LogP contribution in [0.25, 0.3) is 0 Å². The van der Waals surface area contributed by atoms with Crippen LogP contribution in [0.3, 0.4) is 0 Å². The Bertz CT molecular complexity index is 1120. The van der Waals surface area contributed by atoms with E-state index in [9.17, 15) is 24.0 Å². The van der Waals surface area contributed by atoms with Crippen LogP contribution in [0.5, 0.6) is 0 Å². The van der Waals surface area contributed by atoms with Crippen molar-refractivity contribution < 1.29 is 28.8 Å².